The second kappa shape index (κ2) is 8.78. The molecule has 1 aliphatic rings. The molecule has 0 aliphatic carbocycles. The fourth-order valence-electron chi connectivity index (χ4n) is 3.55. The Balaban J connectivity index is 1.69. The molecule has 0 unspecified atom stereocenters. The lowest BCUT2D eigenvalue weighted by molar-refractivity contribution is -0.119. The first-order valence-electron chi connectivity index (χ1n) is 9.81. The van der Waals surface area contributed by atoms with Gasteiger partial charge in [-0.1, -0.05) is 37.6 Å². The zero-order chi connectivity index (χ0) is 20.3. The normalized spacial score (nSPS) is 13.4. The molecule has 2 aromatic rings. The summed E-state index contributed by atoms with van der Waals surface area (Å²) >= 11 is 6.03. The Hall–Kier alpha value is -2.33. The summed E-state index contributed by atoms with van der Waals surface area (Å²) in [4.78, 5) is 26.9. The molecule has 0 bridgehead atoms. The van der Waals surface area contributed by atoms with E-state index in [0.29, 0.717) is 29.5 Å². The average Bonchev–Trinajstić information content (AvgIpc) is 2.67. The smallest absolute Gasteiger partial charge is 0.251 e. The molecule has 5 heteroatoms. The first-order chi connectivity index (χ1) is 13.3. The molecule has 2 amide bonds. The standard InChI is InChI=1S/C23H27ClN2O2/c1-15(2)11-22(27)26-10-4-5-18-13-17(6-9-21(18)26)14-25-23(28)19-7-8-20(24)16(3)12-19/h6-9,12-13,15H,4-5,10-11,14H2,1-3H3,(H,25,28). The maximum atomic E-state index is 12.5. The molecule has 2 aromatic carbocycles. The highest BCUT2D eigenvalue weighted by Gasteiger charge is 2.23. The highest BCUT2D eigenvalue weighted by atomic mass is 35.5. The molecule has 0 atom stereocenters. The maximum Gasteiger partial charge on any atom is 0.251 e. The van der Waals surface area contributed by atoms with Crippen LogP contribution >= 0.6 is 11.6 Å². The van der Waals surface area contributed by atoms with Gasteiger partial charge in [0.2, 0.25) is 5.91 Å². The summed E-state index contributed by atoms with van der Waals surface area (Å²) in [5, 5.41) is 3.62. The number of carbonyl (C=O) groups excluding carboxylic acids is 2. The first-order valence-corrected chi connectivity index (χ1v) is 10.2. The number of rotatable bonds is 5. The molecule has 0 spiro atoms. The Bertz CT molecular complexity index is 892. The van der Waals surface area contributed by atoms with Gasteiger partial charge in [-0.3, -0.25) is 9.59 Å². The highest BCUT2D eigenvalue weighted by Crippen LogP contribution is 2.29. The first kappa shape index (κ1) is 20.4. The third-order valence-electron chi connectivity index (χ3n) is 5.02. The van der Waals surface area contributed by atoms with Crippen molar-refractivity contribution in [3.05, 3.63) is 63.7 Å². The van der Waals surface area contributed by atoms with Gasteiger partial charge in [0.05, 0.1) is 0 Å². The third kappa shape index (κ3) is 4.74. The zero-order valence-corrected chi connectivity index (χ0v) is 17.5. The molecule has 4 nitrogen and oxygen atoms in total. The van der Waals surface area contributed by atoms with Crippen molar-refractivity contribution in [1.29, 1.82) is 0 Å². The fraction of sp³-hybridized carbons (Fsp3) is 0.391. The van der Waals surface area contributed by atoms with E-state index in [1.54, 1.807) is 18.2 Å². The van der Waals surface area contributed by atoms with Crippen LogP contribution in [0.25, 0.3) is 0 Å². The van der Waals surface area contributed by atoms with Crippen molar-refractivity contribution in [3.8, 4) is 0 Å². The van der Waals surface area contributed by atoms with Crippen LogP contribution in [0.5, 0.6) is 0 Å². The fourth-order valence-corrected chi connectivity index (χ4v) is 3.67. The quantitative estimate of drug-likeness (QED) is 0.778. The number of hydrogen-bond donors (Lipinski definition) is 1. The number of halogens is 1. The van der Waals surface area contributed by atoms with Crippen LogP contribution in [0.1, 0.15) is 53.7 Å². The molecular formula is C23H27ClN2O2. The third-order valence-corrected chi connectivity index (χ3v) is 5.44. The molecule has 1 N–H and O–H groups in total. The average molecular weight is 399 g/mol. The molecule has 0 radical (unpaired) electrons. The van der Waals surface area contributed by atoms with Gasteiger partial charge in [0, 0.05) is 35.8 Å². The summed E-state index contributed by atoms with van der Waals surface area (Å²) in [6, 6.07) is 11.4. The lowest BCUT2D eigenvalue weighted by atomic mass is 9.98. The van der Waals surface area contributed by atoms with Crippen LogP contribution in [0.4, 0.5) is 5.69 Å². The van der Waals surface area contributed by atoms with Gasteiger partial charge in [-0.15, -0.1) is 0 Å². The van der Waals surface area contributed by atoms with Crippen LogP contribution in [0.3, 0.4) is 0 Å². The Kier molecular flexibility index (Phi) is 6.40. The number of hydrogen-bond acceptors (Lipinski definition) is 2. The highest BCUT2D eigenvalue weighted by molar-refractivity contribution is 6.31. The van der Waals surface area contributed by atoms with Crippen molar-refractivity contribution < 1.29 is 9.59 Å². The van der Waals surface area contributed by atoms with Gasteiger partial charge in [0.25, 0.3) is 5.91 Å². The van der Waals surface area contributed by atoms with Crippen molar-refractivity contribution in [2.45, 2.75) is 46.6 Å². The van der Waals surface area contributed by atoms with Crippen molar-refractivity contribution >= 4 is 29.1 Å². The van der Waals surface area contributed by atoms with E-state index in [1.165, 1.54) is 5.56 Å². The summed E-state index contributed by atoms with van der Waals surface area (Å²) in [5.74, 6) is 0.421. The number of nitrogens with one attached hydrogen (secondary N) is 1. The van der Waals surface area contributed by atoms with Crippen molar-refractivity contribution in [2.75, 3.05) is 11.4 Å². The zero-order valence-electron chi connectivity index (χ0n) is 16.7. The van der Waals surface area contributed by atoms with Crippen molar-refractivity contribution in [2.24, 2.45) is 5.92 Å². The number of fused-ring (bicyclic) bond motifs is 1. The summed E-state index contributed by atoms with van der Waals surface area (Å²) in [5.41, 5.74) is 4.72. The molecule has 1 aliphatic heterocycles. The van der Waals surface area contributed by atoms with Gasteiger partial charge < -0.3 is 10.2 Å². The van der Waals surface area contributed by atoms with Crippen LogP contribution in [0.2, 0.25) is 5.02 Å². The Labute approximate surface area is 171 Å². The molecule has 0 aromatic heterocycles. The van der Waals surface area contributed by atoms with E-state index in [2.05, 4.69) is 25.2 Å². The second-order valence-corrected chi connectivity index (χ2v) is 8.26. The largest absolute Gasteiger partial charge is 0.348 e. The van der Waals surface area contributed by atoms with E-state index in [1.807, 2.05) is 24.0 Å². The van der Waals surface area contributed by atoms with Gasteiger partial charge in [-0.05, 0) is 66.6 Å². The predicted octanol–water partition coefficient (Wildman–Crippen LogP) is 4.90. The Morgan fingerprint density at radius 3 is 2.68 bits per heavy atom. The lowest BCUT2D eigenvalue weighted by Gasteiger charge is -2.30. The molecular weight excluding hydrogens is 372 g/mol. The van der Waals surface area contributed by atoms with E-state index >= 15 is 0 Å². The van der Waals surface area contributed by atoms with Crippen molar-refractivity contribution in [3.63, 3.8) is 0 Å². The maximum absolute atomic E-state index is 12.5. The van der Waals surface area contributed by atoms with Crippen LogP contribution in [-0.2, 0) is 17.8 Å². The number of benzene rings is 2. The van der Waals surface area contributed by atoms with Crippen LogP contribution in [0.15, 0.2) is 36.4 Å². The summed E-state index contributed by atoms with van der Waals surface area (Å²) in [7, 11) is 0. The summed E-state index contributed by atoms with van der Waals surface area (Å²) in [6.07, 6.45) is 2.49. The number of carbonyl (C=O) groups is 2. The van der Waals surface area contributed by atoms with Gasteiger partial charge >= 0.3 is 0 Å². The van der Waals surface area contributed by atoms with Crippen molar-refractivity contribution in [1.82, 2.24) is 5.32 Å². The number of anilines is 1. The number of amides is 2. The lowest BCUT2D eigenvalue weighted by Crippen LogP contribution is -2.36. The van der Waals surface area contributed by atoms with Crippen LogP contribution in [0, 0.1) is 12.8 Å². The SMILES string of the molecule is Cc1cc(C(=O)NCc2ccc3c(c2)CCCN3C(=O)CC(C)C)ccc1Cl. The van der Waals surface area contributed by atoms with Crippen LogP contribution < -0.4 is 10.2 Å². The Morgan fingerprint density at radius 2 is 1.96 bits per heavy atom. The molecule has 0 saturated heterocycles. The van der Waals surface area contributed by atoms with Crippen LogP contribution in [-0.4, -0.2) is 18.4 Å². The van der Waals surface area contributed by atoms with E-state index in [-0.39, 0.29) is 11.8 Å². The molecule has 3 rings (SSSR count). The number of aryl methyl sites for hydroxylation is 2. The predicted molar refractivity (Wildman–Crippen MR) is 114 cm³/mol. The second-order valence-electron chi connectivity index (χ2n) is 7.86. The Morgan fingerprint density at radius 1 is 1.18 bits per heavy atom. The minimum Gasteiger partial charge on any atom is -0.348 e. The molecule has 1 heterocycles. The molecule has 0 saturated carbocycles. The van der Waals surface area contributed by atoms with Gasteiger partial charge in [0.15, 0.2) is 0 Å². The monoisotopic (exact) mass is 398 g/mol. The number of nitrogens with zero attached hydrogens (tertiary/aromatic N) is 1. The van der Waals surface area contributed by atoms with Gasteiger partial charge in [-0.25, -0.2) is 0 Å². The topological polar surface area (TPSA) is 49.4 Å². The van der Waals surface area contributed by atoms with E-state index < -0.39 is 0 Å². The van der Waals surface area contributed by atoms with E-state index in [9.17, 15) is 9.59 Å². The molecule has 0 fully saturated rings. The van der Waals surface area contributed by atoms with Gasteiger partial charge in [0.1, 0.15) is 0 Å². The van der Waals surface area contributed by atoms with E-state index in [0.717, 1.165) is 36.2 Å². The minimum absolute atomic E-state index is 0.119. The minimum atomic E-state index is -0.119. The molecule has 28 heavy (non-hydrogen) atoms. The summed E-state index contributed by atoms with van der Waals surface area (Å²) in [6.45, 7) is 7.25. The molecule has 148 valence electrons. The summed E-state index contributed by atoms with van der Waals surface area (Å²) < 4.78 is 0. The van der Waals surface area contributed by atoms with E-state index in [4.69, 9.17) is 11.6 Å². The van der Waals surface area contributed by atoms with Gasteiger partial charge in [-0.2, -0.15) is 0 Å².